The van der Waals surface area contributed by atoms with Crippen LogP contribution in [0.15, 0.2) is 24.3 Å². The molecule has 1 aromatic rings. The number of unbranched alkanes of at least 4 members (excludes halogenated alkanes) is 1. The molecular weight excluding hydrogens is 198 g/mol. The first-order chi connectivity index (χ1) is 7.77. The summed E-state index contributed by atoms with van der Waals surface area (Å²) in [6.07, 6.45) is 7.05. The Kier molecular flexibility index (Phi) is 5.45. The zero-order valence-electron chi connectivity index (χ0n) is 9.99. The third-order valence-electron chi connectivity index (χ3n) is 2.54. The van der Waals surface area contributed by atoms with Gasteiger partial charge in [0.15, 0.2) is 0 Å². The number of methoxy groups -OCH3 is 1. The van der Waals surface area contributed by atoms with Gasteiger partial charge in [-0.15, -0.1) is 12.3 Å². The summed E-state index contributed by atoms with van der Waals surface area (Å²) in [5, 5.41) is 3.43. The lowest BCUT2D eigenvalue weighted by atomic mass is 10.1. The number of nitrogens with one attached hydrogen (secondary N) is 1. The van der Waals surface area contributed by atoms with E-state index >= 15 is 0 Å². The topological polar surface area (TPSA) is 21.3 Å². The van der Waals surface area contributed by atoms with E-state index in [2.05, 4.69) is 30.3 Å². The molecule has 1 N–H and O–H groups in total. The van der Waals surface area contributed by atoms with E-state index < -0.39 is 0 Å². The quantitative estimate of drug-likeness (QED) is 0.584. The number of hydrogen-bond donors (Lipinski definition) is 1. The monoisotopic (exact) mass is 217 g/mol. The Bertz CT molecular complexity index is 354. The summed E-state index contributed by atoms with van der Waals surface area (Å²) in [6, 6.07) is 8.44. The third-order valence-corrected chi connectivity index (χ3v) is 2.54. The minimum Gasteiger partial charge on any atom is -0.497 e. The molecule has 0 aromatic heterocycles. The predicted molar refractivity (Wildman–Crippen MR) is 67.5 cm³/mol. The molecule has 0 heterocycles. The van der Waals surface area contributed by atoms with Crippen molar-refractivity contribution in [3.8, 4) is 18.1 Å². The van der Waals surface area contributed by atoms with Crippen LogP contribution in [0.3, 0.4) is 0 Å². The fraction of sp³-hybridized carbons (Fsp3) is 0.429. The van der Waals surface area contributed by atoms with Gasteiger partial charge in [-0.2, -0.15) is 0 Å². The molecule has 0 aliphatic rings. The standard InChI is InChI=1S/C14H19NO/c1-4-5-6-10-15-12(2)13-8-7-9-14(11-13)16-3/h1,7-9,11-12,15H,5-6,10H2,2-3H3/t12-/m1/s1. The van der Waals surface area contributed by atoms with Crippen molar-refractivity contribution in [1.29, 1.82) is 0 Å². The molecular formula is C14H19NO. The number of benzene rings is 1. The predicted octanol–water partition coefficient (Wildman–Crippen LogP) is 2.76. The van der Waals surface area contributed by atoms with Gasteiger partial charge in [-0.25, -0.2) is 0 Å². The lowest BCUT2D eigenvalue weighted by molar-refractivity contribution is 0.413. The summed E-state index contributed by atoms with van der Waals surface area (Å²) in [7, 11) is 1.68. The van der Waals surface area contributed by atoms with Crippen LogP contribution in [0.2, 0.25) is 0 Å². The molecule has 0 aliphatic heterocycles. The molecule has 0 unspecified atom stereocenters. The van der Waals surface area contributed by atoms with Crippen molar-refractivity contribution >= 4 is 0 Å². The molecule has 1 atom stereocenters. The van der Waals surface area contributed by atoms with Crippen LogP contribution in [0, 0.1) is 12.3 Å². The number of terminal acetylenes is 1. The lowest BCUT2D eigenvalue weighted by Gasteiger charge is -2.14. The van der Waals surface area contributed by atoms with Crippen LogP contribution in [0.4, 0.5) is 0 Å². The minimum atomic E-state index is 0.327. The Morgan fingerprint density at radius 2 is 2.31 bits per heavy atom. The zero-order valence-corrected chi connectivity index (χ0v) is 9.99. The van der Waals surface area contributed by atoms with Crippen LogP contribution in [0.25, 0.3) is 0 Å². The van der Waals surface area contributed by atoms with Crippen LogP contribution in [-0.4, -0.2) is 13.7 Å². The van der Waals surface area contributed by atoms with E-state index in [1.807, 2.05) is 12.1 Å². The Hall–Kier alpha value is -1.46. The first kappa shape index (κ1) is 12.6. The largest absolute Gasteiger partial charge is 0.497 e. The second-order valence-corrected chi connectivity index (χ2v) is 3.76. The maximum absolute atomic E-state index is 5.20. The van der Waals surface area contributed by atoms with Crippen LogP contribution in [0.5, 0.6) is 5.75 Å². The summed E-state index contributed by atoms with van der Waals surface area (Å²) in [4.78, 5) is 0. The van der Waals surface area contributed by atoms with Crippen molar-refractivity contribution in [3.05, 3.63) is 29.8 Å². The van der Waals surface area contributed by atoms with Crippen molar-refractivity contribution in [1.82, 2.24) is 5.32 Å². The molecule has 0 saturated heterocycles. The third kappa shape index (κ3) is 3.96. The van der Waals surface area contributed by atoms with Gasteiger partial charge in [0.25, 0.3) is 0 Å². The maximum Gasteiger partial charge on any atom is 0.119 e. The van der Waals surface area contributed by atoms with Gasteiger partial charge in [0.05, 0.1) is 7.11 Å². The van der Waals surface area contributed by atoms with Gasteiger partial charge in [0, 0.05) is 12.5 Å². The Morgan fingerprint density at radius 1 is 1.50 bits per heavy atom. The van der Waals surface area contributed by atoms with Gasteiger partial charge < -0.3 is 10.1 Å². The van der Waals surface area contributed by atoms with E-state index in [0.717, 1.165) is 25.1 Å². The Labute approximate surface area is 98.0 Å². The molecule has 16 heavy (non-hydrogen) atoms. The minimum absolute atomic E-state index is 0.327. The lowest BCUT2D eigenvalue weighted by Crippen LogP contribution is -2.19. The number of rotatable bonds is 6. The highest BCUT2D eigenvalue weighted by Crippen LogP contribution is 2.18. The van der Waals surface area contributed by atoms with Crippen molar-refractivity contribution in [2.45, 2.75) is 25.8 Å². The molecule has 0 spiro atoms. The van der Waals surface area contributed by atoms with Crippen molar-refractivity contribution in [2.24, 2.45) is 0 Å². The smallest absolute Gasteiger partial charge is 0.119 e. The van der Waals surface area contributed by atoms with Gasteiger partial charge in [-0.05, 0) is 37.6 Å². The molecule has 86 valence electrons. The first-order valence-electron chi connectivity index (χ1n) is 5.58. The van der Waals surface area contributed by atoms with E-state index in [4.69, 9.17) is 11.2 Å². The second kappa shape index (κ2) is 6.92. The molecule has 1 rings (SSSR count). The Morgan fingerprint density at radius 3 is 3.00 bits per heavy atom. The van der Waals surface area contributed by atoms with Crippen molar-refractivity contribution < 1.29 is 4.74 Å². The summed E-state index contributed by atoms with van der Waals surface area (Å²) < 4.78 is 5.19. The normalized spacial score (nSPS) is 11.8. The van der Waals surface area contributed by atoms with Crippen molar-refractivity contribution in [3.63, 3.8) is 0 Å². The molecule has 0 amide bonds. The molecule has 0 radical (unpaired) electrons. The van der Waals surface area contributed by atoms with Gasteiger partial charge in [0.1, 0.15) is 5.75 Å². The van der Waals surface area contributed by atoms with Gasteiger partial charge in [-0.3, -0.25) is 0 Å². The fourth-order valence-corrected chi connectivity index (χ4v) is 1.54. The average molecular weight is 217 g/mol. The average Bonchev–Trinajstić information content (AvgIpc) is 2.34. The molecule has 2 heteroatoms. The zero-order chi connectivity index (χ0) is 11.8. The molecule has 2 nitrogen and oxygen atoms in total. The molecule has 0 saturated carbocycles. The van der Waals surface area contributed by atoms with E-state index in [9.17, 15) is 0 Å². The maximum atomic E-state index is 5.20. The number of ether oxygens (including phenoxy) is 1. The first-order valence-corrected chi connectivity index (χ1v) is 5.58. The summed E-state index contributed by atoms with van der Waals surface area (Å²) in [5.74, 6) is 3.54. The highest BCUT2D eigenvalue weighted by atomic mass is 16.5. The van der Waals surface area contributed by atoms with Crippen molar-refractivity contribution in [2.75, 3.05) is 13.7 Å². The van der Waals surface area contributed by atoms with E-state index in [0.29, 0.717) is 6.04 Å². The van der Waals surface area contributed by atoms with E-state index in [-0.39, 0.29) is 0 Å². The number of hydrogen-bond acceptors (Lipinski definition) is 2. The van der Waals surface area contributed by atoms with Gasteiger partial charge >= 0.3 is 0 Å². The SMILES string of the molecule is C#CCCCN[C@H](C)c1cccc(OC)c1. The molecule has 1 aromatic carbocycles. The van der Waals surface area contributed by atoms with Crippen LogP contribution < -0.4 is 10.1 Å². The van der Waals surface area contributed by atoms with E-state index in [1.165, 1.54) is 5.56 Å². The van der Waals surface area contributed by atoms with E-state index in [1.54, 1.807) is 7.11 Å². The molecule has 0 fully saturated rings. The highest BCUT2D eigenvalue weighted by Gasteiger charge is 2.04. The van der Waals surface area contributed by atoms with Crippen LogP contribution in [-0.2, 0) is 0 Å². The summed E-state index contributed by atoms with van der Waals surface area (Å²) in [6.45, 7) is 3.09. The van der Waals surface area contributed by atoms with Crippen LogP contribution >= 0.6 is 0 Å². The van der Waals surface area contributed by atoms with Gasteiger partial charge in [0.2, 0.25) is 0 Å². The fourth-order valence-electron chi connectivity index (χ4n) is 1.54. The summed E-state index contributed by atoms with van der Waals surface area (Å²) in [5.41, 5.74) is 1.24. The summed E-state index contributed by atoms with van der Waals surface area (Å²) >= 11 is 0. The second-order valence-electron chi connectivity index (χ2n) is 3.76. The molecule has 0 aliphatic carbocycles. The van der Waals surface area contributed by atoms with Gasteiger partial charge in [-0.1, -0.05) is 12.1 Å². The molecule has 0 bridgehead atoms. The Balaban J connectivity index is 2.46. The van der Waals surface area contributed by atoms with Crippen LogP contribution in [0.1, 0.15) is 31.4 Å². The highest BCUT2D eigenvalue weighted by molar-refractivity contribution is 5.30.